The van der Waals surface area contributed by atoms with Crippen LogP contribution in [0.4, 0.5) is 0 Å². The van der Waals surface area contributed by atoms with Crippen LogP contribution in [0.3, 0.4) is 0 Å². The van der Waals surface area contributed by atoms with Crippen molar-refractivity contribution in [2.24, 2.45) is 0 Å². The van der Waals surface area contributed by atoms with Gasteiger partial charge in [-0.2, -0.15) is 0 Å². The smallest absolute Gasteiger partial charge is 0.320 e. The highest BCUT2D eigenvalue weighted by atomic mass is 16.5. The first-order valence-electron chi connectivity index (χ1n) is 7.81. The number of aryl methyl sites for hydroxylation is 2. The van der Waals surface area contributed by atoms with Crippen molar-refractivity contribution in [1.82, 2.24) is 4.90 Å². The van der Waals surface area contributed by atoms with E-state index in [1.54, 1.807) is 0 Å². The molecule has 0 amide bonds. The molecule has 2 atom stereocenters. The largest absolute Gasteiger partial charge is 0.493 e. The molecular weight excluding hydrogens is 266 g/mol. The van der Waals surface area contributed by atoms with E-state index in [-0.39, 0.29) is 12.1 Å². The number of likely N-dealkylation sites (tertiary alicyclic amines) is 1. The Labute approximate surface area is 125 Å². The molecule has 2 aliphatic rings. The maximum Gasteiger partial charge on any atom is 0.320 e. The summed E-state index contributed by atoms with van der Waals surface area (Å²) in [6.07, 6.45) is 3.67. The monoisotopic (exact) mass is 289 g/mol. The van der Waals surface area contributed by atoms with Crippen LogP contribution in [0.2, 0.25) is 0 Å². The van der Waals surface area contributed by atoms with Crippen molar-refractivity contribution < 1.29 is 14.6 Å². The number of carbonyl (C=O) groups is 1. The van der Waals surface area contributed by atoms with E-state index in [0.29, 0.717) is 0 Å². The van der Waals surface area contributed by atoms with Gasteiger partial charge in [0.25, 0.3) is 0 Å². The second kappa shape index (κ2) is 5.68. The molecule has 1 N–H and O–H groups in total. The Morgan fingerprint density at radius 1 is 1.24 bits per heavy atom. The van der Waals surface area contributed by atoms with E-state index in [2.05, 4.69) is 30.9 Å². The van der Waals surface area contributed by atoms with Crippen molar-refractivity contribution >= 4 is 5.97 Å². The number of rotatable bonds is 2. The summed E-state index contributed by atoms with van der Waals surface area (Å²) >= 11 is 0. The van der Waals surface area contributed by atoms with Gasteiger partial charge in [-0.25, -0.2) is 0 Å². The maximum atomic E-state index is 11.5. The molecule has 114 valence electrons. The molecule has 0 aromatic heterocycles. The fourth-order valence-electron chi connectivity index (χ4n) is 3.77. The minimum Gasteiger partial charge on any atom is -0.493 e. The third kappa shape index (κ3) is 2.53. The summed E-state index contributed by atoms with van der Waals surface area (Å²) in [7, 11) is 0. The molecular formula is C17H23NO3. The second-order valence-corrected chi connectivity index (χ2v) is 6.18. The van der Waals surface area contributed by atoms with Crippen molar-refractivity contribution in [3.05, 3.63) is 28.8 Å². The molecule has 0 spiro atoms. The number of benzene rings is 1. The number of nitrogens with zero attached hydrogens (tertiary/aromatic N) is 1. The molecule has 1 aromatic carbocycles. The first kappa shape index (κ1) is 14.4. The molecule has 21 heavy (non-hydrogen) atoms. The lowest BCUT2D eigenvalue weighted by Gasteiger charge is -2.32. The van der Waals surface area contributed by atoms with Gasteiger partial charge in [0.1, 0.15) is 11.8 Å². The Morgan fingerprint density at radius 2 is 2.00 bits per heavy atom. The highest BCUT2D eigenvalue weighted by molar-refractivity contribution is 5.74. The minimum absolute atomic E-state index is 0.172. The van der Waals surface area contributed by atoms with Gasteiger partial charge >= 0.3 is 5.97 Å². The molecule has 1 fully saturated rings. The van der Waals surface area contributed by atoms with Crippen LogP contribution in [0, 0.1) is 13.8 Å². The maximum absolute atomic E-state index is 11.5. The second-order valence-electron chi connectivity index (χ2n) is 6.18. The molecule has 0 aliphatic carbocycles. The molecule has 2 aliphatic heterocycles. The van der Waals surface area contributed by atoms with Crippen molar-refractivity contribution in [1.29, 1.82) is 0 Å². The fraction of sp³-hybridized carbons (Fsp3) is 0.588. The third-order valence-corrected chi connectivity index (χ3v) is 4.79. The summed E-state index contributed by atoms with van der Waals surface area (Å²) in [4.78, 5) is 13.7. The molecule has 2 unspecified atom stereocenters. The van der Waals surface area contributed by atoms with Gasteiger partial charge in [0.2, 0.25) is 0 Å². The average molecular weight is 289 g/mol. The van der Waals surface area contributed by atoms with Crippen LogP contribution in [-0.2, 0) is 4.79 Å². The Morgan fingerprint density at radius 3 is 2.76 bits per heavy atom. The van der Waals surface area contributed by atoms with E-state index >= 15 is 0 Å². The molecule has 4 heteroatoms. The van der Waals surface area contributed by atoms with Gasteiger partial charge in [-0.3, -0.25) is 9.69 Å². The predicted molar refractivity (Wildman–Crippen MR) is 80.7 cm³/mol. The summed E-state index contributed by atoms with van der Waals surface area (Å²) in [5, 5.41) is 9.48. The van der Waals surface area contributed by atoms with Crippen LogP contribution in [0.15, 0.2) is 12.1 Å². The van der Waals surface area contributed by atoms with Crippen molar-refractivity contribution in [2.75, 3.05) is 13.2 Å². The van der Waals surface area contributed by atoms with Crippen molar-refractivity contribution in [3.8, 4) is 5.75 Å². The van der Waals surface area contributed by atoms with E-state index in [4.69, 9.17) is 4.74 Å². The van der Waals surface area contributed by atoms with E-state index in [1.807, 2.05) is 0 Å². The summed E-state index contributed by atoms with van der Waals surface area (Å²) in [5.41, 5.74) is 3.56. The Bertz CT molecular complexity index is 555. The van der Waals surface area contributed by atoms with Gasteiger partial charge in [0, 0.05) is 11.6 Å². The standard InChI is InChI=1S/C17H23NO3/c1-11-7-8-12(2)16-15(11)13(6-4-10-21-16)18-9-3-5-14(18)17(19)20/h7-8,13-14H,3-6,9-10H2,1-2H3,(H,19,20). The lowest BCUT2D eigenvalue weighted by Crippen LogP contribution is -2.39. The molecule has 0 radical (unpaired) electrons. The Kier molecular flexibility index (Phi) is 3.89. The lowest BCUT2D eigenvalue weighted by molar-refractivity contribution is -0.143. The van der Waals surface area contributed by atoms with E-state index in [9.17, 15) is 9.90 Å². The fourth-order valence-corrected chi connectivity index (χ4v) is 3.77. The van der Waals surface area contributed by atoms with Crippen LogP contribution in [-0.4, -0.2) is 35.2 Å². The van der Waals surface area contributed by atoms with Gasteiger partial charge in [-0.15, -0.1) is 0 Å². The summed E-state index contributed by atoms with van der Waals surface area (Å²) < 4.78 is 5.97. The highest BCUT2D eigenvalue weighted by Gasteiger charge is 2.38. The summed E-state index contributed by atoms with van der Waals surface area (Å²) in [6, 6.07) is 4.04. The number of carboxylic acids is 1. The van der Waals surface area contributed by atoms with Crippen molar-refractivity contribution in [3.63, 3.8) is 0 Å². The zero-order chi connectivity index (χ0) is 15.0. The zero-order valence-electron chi connectivity index (χ0n) is 12.8. The number of hydrogen-bond acceptors (Lipinski definition) is 3. The number of ether oxygens (including phenoxy) is 1. The van der Waals surface area contributed by atoms with Gasteiger partial charge in [-0.05, 0) is 57.2 Å². The average Bonchev–Trinajstić information content (AvgIpc) is 2.83. The van der Waals surface area contributed by atoms with E-state index in [0.717, 1.165) is 50.1 Å². The number of hydrogen-bond donors (Lipinski definition) is 1. The third-order valence-electron chi connectivity index (χ3n) is 4.79. The molecule has 1 saturated heterocycles. The topological polar surface area (TPSA) is 49.8 Å². The minimum atomic E-state index is -0.690. The van der Waals surface area contributed by atoms with Crippen LogP contribution >= 0.6 is 0 Å². The predicted octanol–water partition coefficient (Wildman–Crippen LogP) is 3.07. The van der Waals surface area contributed by atoms with Gasteiger partial charge in [0.15, 0.2) is 0 Å². The molecule has 4 nitrogen and oxygen atoms in total. The van der Waals surface area contributed by atoms with Crippen LogP contribution in [0.5, 0.6) is 5.75 Å². The Balaban J connectivity index is 2.04. The first-order valence-corrected chi connectivity index (χ1v) is 7.81. The summed E-state index contributed by atoms with van der Waals surface area (Å²) in [5.74, 6) is 0.290. The molecule has 0 saturated carbocycles. The molecule has 3 rings (SSSR count). The lowest BCUT2D eigenvalue weighted by atomic mass is 9.93. The normalized spacial score (nSPS) is 26.0. The quantitative estimate of drug-likeness (QED) is 0.909. The SMILES string of the molecule is Cc1ccc(C)c2c1OCCCC2N1CCCC1C(=O)O. The van der Waals surface area contributed by atoms with Crippen LogP contribution in [0.25, 0.3) is 0 Å². The molecule has 1 aromatic rings. The Hall–Kier alpha value is -1.55. The number of carboxylic acid groups (broad SMARTS) is 1. The first-order chi connectivity index (χ1) is 10.1. The van der Waals surface area contributed by atoms with Gasteiger partial charge < -0.3 is 9.84 Å². The number of aliphatic carboxylic acids is 1. The number of fused-ring (bicyclic) bond motifs is 1. The van der Waals surface area contributed by atoms with Gasteiger partial charge in [0.05, 0.1) is 6.61 Å². The zero-order valence-corrected chi connectivity index (χ0v) is 12.8. The van der Waals surface area contributed by atoms with Gasteiger partial charge in [-0.1, -0.05) is 12.1 Å². The van der Waals surface area contributed by atoms with E-state index in [1.165, 1.54) is 11.1 Å². The molecule has 2 heterocycles. The van der Waals surface area contributed by atoms with Crippen LogP contribution in [0.1, 0.15) is 48.4 Å². The van der Waals surface area contributed by atoms with Crippen LogP contribution < -0.4 is 4.74 Å². The highest BCUT2D eigenvalue weighted by Crippen LogP contribution is 2.42. The summed E-state index contributed by atoms with van der Waals surface area (Å²) in [6.45, 7) is 5.76. The van der Waals surface area contributed by atoms with Crippen molar-refractivity contribution in [2.45, 2.75) is 51.6 Å². The van der Waals surface area contributed by atoms with E-state index < -0.39 is 5.97 Å². The molecule has 0 bridgehead atoms.